The summed E-state index contributed by atoms with van der Waals surface area (Å²) in [6.07, 6.45) is 0.994. The molecule has 0 aliphatic rings. The van der Waals surface area contributed by atoms with Crippen molar-refractivity contribution in [2.75, 3.05) is 20.8 Å². The number of ether oxygens (including phenoxy) is 2. The molecular formula is C11H22O3. The molecule has 0 aromatic rings. The Balaban J connectivity index is 4.06. The maximum atomic E-state index is 11.7. The molecule has 14 heavy (non-hydrogen) atoms. The van der Waals surface area contributed by atoms with Gasteiger partial charge in [-0.3, -0.25) is 4.79 Å². The van der Waals surface area contributed by atoms with Gasteiger partial charge in [0.25, 0.3) is 0 Å². The number of ketones is 1. The van der Waals surface area contributed by atoms with Crippen LogP contribution in [0.1, 0.15) is 33.6 Å². The number of hydrogen-bond donors (Lipinski definition) is 0. The number of methoxy groups -OCH3 is 2. The van der Waals surface area contributed by atoms with E-state index in [9.17, 15) is 4.79 Å². The first kappa shape index (κ1) is 13.6. The maximum Gasteiger partial charge on any atom is 0.162 e. The van der Waals surface area contributed by atoms with E-state index in [4.69, 9.17) is 9.47 Å². The van der Waals surface area contributed by atoms with Crippen LogP contribution < -0.4 is 0 Å². The fourth-order valence-corrected chi connectivity index (χ4v) is 1.49. The van der Waals surface area contributed by atoms with Gasteiger partial charge in [0.05, 0.1) is 0 Å². The zero-order valence-corrected chi connectivity index (χ0v) is 9.92. The number of carbonyl (C=O) groups excluding carboxylic acids is 1. The van der Waals surface area contributed by atoms with Crippen LogP contribution in [0, 0.1) is 5.41 Å². The second-order valence-electron chi connectivity index (χ2n) is 4.54. The van der Waals surface area contributed by atoms with Gasteiger partial charge in [-0.1, -0.05) is 20.8 Å². The van der Waals surface area contributed by atoms with Gasteiger partial charge in [-0.2, -0.15) is 0 Å². The molecule has 0 saturated carbocycles. The minimum absolute atomic E-state index is 0.126. The van der Waals surface area contributed by atoms with Gasteiger partial charge in [-0.05, 0) is 11.8 Å². The molecule has 3 nitrogen and oxygen atoms in total. The van der Waals surface area contributed by atoms with E-state index in [-0.39, 0.29) is 17.3 Å². The predicted molar refractivity (Wildman–Crippen MR) is 56.4 cm³/mol. The molecular weight excluding hydrogens is 180 g/mol. The van der Waals surface area contributed by atoms with Crippen molar-refractivity contribution in [3.63, 3.8) is 0 Å². The topological polar surface area (TPSA) is 35.5 Å². The van der Waals surface area contributed by atoms with Crippen LogP contribution in [0.5, 0.6) is 0 Å². The molecule has 0 aliphatic heterocycles. The summed E-state index contributed by atoms with van der Waals surface area (Å²) in [4.78, 5) is 11.7. The average Bonchev–Trinajstić information content (AvgIpc) is 2.03. The number of hydrogen-bond acceptors (Lipinski definition) is 3. The first-order valence-corrected chi connectivity index (χ1v) is 4.98. The fourth-order valence-electron chi connectivity index (χ4n) is 1.49. The molecule has 84 valence electrons. The minimum Gasteiger partial charge on any atom is -0.385 e. The highest BCUT2D eigenvalue weighted by Crippen LogP contribution is 2.23. The van der Waals surface area contributed by atoms with Crippen molar-refractivity contribution in [2.24, 2.45) is 5.41 Å². The van der Waals surface area contributed by atoms with Crippen molar-refractivity contribution < 1.29 is 14.3 Å². The van der Waals surface area contributed by atoms with E-state index < -0.39 is 0 Å². The summed E-state index contributed by atoms with van der Waals surface area (Å²) in [5.41, 5.74) is -0.126. The molecule has 0 amide bonds. The van der Waals surface area contributed by atoms with Gasteiger partial charge in [-0.25, -0.2) is 0 Å². The molecule has 1 atom stereocenters. The lowest BCUT2D eigenvalue weighted by Crippen LogP contribution is -2.36. The first-order chi connectivity index (χ1) is 6.43. The second-order valence-corrected chi connectivity index (χ2v) is 4.54. The van der Waals surface area contributed by atoms with E-state index in [0.717, 1.165) is 6.42 Å². The molecule has 0 aromatic heterocycles. The van der Waals surface area contributed by atoms with Gasteiger partial charge >= 0.3 is 0 Å². The highest BCUT2D eigenvalue weighted by molar-refractivity contribution is 5.83. The average molecular weight is 202 g/mol. The molecule has 0 spiro atoms. The fraction of sp³-hybridized carbons (Fsp3) is 0.909. The third-order valence-electron chi connectivity index (χ3n) is 2.09. The minimum atomic E-state index is -0.306. The quantitative estimate of drug-likeness (QED) is 0.618. The predicted octanol–water partition coefficient (Wildman–Crippen LogP) is 2.04. The van der Waals surface area contributed by atoms with Crippen LogP contribution in [-0.4, -0.2) is 32.7 Å². The van der Waals surface area contributed by atoms with E-state index in [1.807, 2.05) is 20.8 Å². The van der Waals surface area contributed by atoms with Gasteiger partial charge < -0.3 is 9.47 Å². The van der Waals surface area contributed by atoms with Crippen LogP contribution in [-0.2, 0) is 14.3 Å². The Morgan fingerprint density at radius 1 is 1.29 bits per heavy atom. The van der Waals surface area contributed by atoms with Crippen LogP contribution >= 0.6 is 0 Å². The van der Waals surface area contributed by atoms with Crippen molar-refractivity contribution in [3.05, 3.63) is 0 Å². The SMILES string of the molecule is COCCCC(=O)C(OC)C(C)(C)C. The summed E-state index contributed by atoms with van der Waals surface area (Å²) < 4.78 is 10.1. The molecule has 1 unspecified atom stereocenters. The molecule has 0 heterocycles. The van der Waals surface area contributed by atoms with Crippen molar-refractivity contribution in [1.82, 2.24) is 0 Å². The van der Waals surface area contributed by atoms with Crippen LogP contribution in [0.2, 0.25) is 0 Å². The number of carbonyl (C=O) groups is 1. The zero-order chi connectivity index (χ0) is 11.2. The molecule has 0 aliphatic carbocycles. The van der Waals surface area contributed by atoms with E-state index in [0.29, 0.717) is 13.0 Å². The van der Waals surface area contributed by atoms with Crippen LogP contribution in [0.15, 0.2) is 0 Å². The van der Waals surface area contributed by atoms with Crippen LogP contribution in [0.25, 0.3) is 0 Å². The molecule has 0 bridgehead atoms. The van der Waals surface area contributed by atoms with Gasteiger partial charge in [0.2, 0.25) is 0 Å². The Kier molecular flexibility index (Phi) is 5.96. The summed E-state index contributed by atoms with van der Waals surface area (Å²) in [6, 6.07) is 0. The second kappa shape index (κ2) is 6.14. The molecule has 3 heteroatoms. The molecule has 0 saturated heterocycles. The van der Waals surface area contributed by atoms with Gasteiger partial charge in [0.1, 0.15) is 6.10 Å². The summed E-state index contributed by atoms with van der Waals surface area (Å²) >= 11 is 0. The lowest BCUT2D eigenvalue weighted by Gasteiger charge is -2.27. The lowest BCUT2D eigenvalue weighted by atomic mass is 9.85. The van der Waals surface area contributed by atoms with Crippen molar-refractivity contribution in [1.29, 1.82) is 0 Å². The lowest BCUT2D eigenvalue weighted by molar-refractivity contribution is -0.135. The highest BCUT2D eigenvalue weighted by Gasteiger charge is 2.30. The maximum absolute atomic E-state index is 11.7. The summed E-state index contributed by atoms with van der Waals surface area (Å²) in [5, 5.41) is 0. The smallest absolute Gasteiger partial charge is 0.162 e. The molecule has 0 rings (SSSR count). The van der Waals surface area contributed by atoms with E-state index in [1.165, 1.54) is 0 Å². The van der Waals surface area contributed by atoms with Crippen LogP contribution in [0.4, 0.5) is 0 Å². The molecule has 0 fully saturated rings. The Morgan fingerprint density at radius 2 is 1.86 bits per heavy atom. The van der Waals surface area contributed by atoms with Crippen molar-refractivity contribution in [2.45, 2.75) is 39.7 Å². The highest BCUT2D eigenvalue weighted by atomic mass is 16.5. The monoisotopic (exact) mass is 202 g/mol. The standard InChI is InChI=1S/C11H22O3/c1-11(2,3)10(14-5)9(12)7-6-8-13-4/h10H,6-8H2,1-5H3. The Morgan fingerprint density at radius 3 is 2.21 bits per heavy atom. The third kappa shape index (κ3) is 4.72. The van der Waals surface area contributed by atoms with Gasteiger partial charge in [-0.15, -0.1) is 0 Å². The molecule has 0 N–H and O–H groups in total. The van der Waals surface area contributed by atoms with E-state index in [1.54, 1.807) is 14.2 Å². The largest absolute Gasteiger partial charge is 0.385 e. The van der Waals surface area contributed by atoms with Crippen molar-refractivity contribution in [3.8, 4) is 0 Å². The Hall–Kier alpha value is -0.410. The Labute approximate surface area is 86.8 Å². The molecule has 0 radical (unpaired) electrons. The van der Waals surface area contributed by atoms with Gasteiger partial charge in [0, 0.05) is 27.2 Å². The Bertz CT molecular complexity index is 170. The summed E-state index contributed by atoms with van der Waals surface area (Å²) in [6.45, 7) is 6.66. The summed E-state index contributed by atoms with van der Waals surface area (Å²) in [7, 11) is 3.23. The summed E-state index contributed by atoms with van der Waals surface area (Å²) in [5.74, 6) is 0.164. The van der Waals surface area contributed by atoms with Gasteiger partial charge in [0.15, 0.2) is 5.78 Å². The van der Waals surface area contributed by atoms with Crippen LogP contribution in [0.3, 0.4) is 0 Å². The molecule has 0 aromatic carbocycles. The van der Waals surface area contributed by atoms with E-state index >= 15 is 0 Å². The first-order valence-electron chi connectivity index (χ1n) is 4.98. The zero-order valence-electron chi connectivity index (χ0n) is 9.92. The number of Topliss-reactive ketones (excluding diaryl/α,β-unsaturated/α-hetero) is 1. The van der Waals surface area contributed by atoms with Crippen molar-refractivity contribution >= 4 is 5.78 Å². The number of rotatable bonds is 6. The normalized spacial score (nSPS) is 14.1. The van der Waals surface area contributed by atoms with E-state index in [2.05, 4.69) is 0 Å². The third-order valence-corrected chi connectivity index (χ3v) is 2.09.